The smallest absolute Gasteiger partial charge is 0.261 e. The Hall–Kier alpha value is -1.73. The Balaban J connectivity index is 1.95. The highest BCUT2D eigenvalue weighted by Gasteiger charge is 2.23. The minimum absolute atomic E-state index is 0.0778. The lowest BCUT2D eigenvalue weighted by atomic mass is 10.2. The van der Waals surface area contributed by atoms with E-state index in [1.807, 2.05) is 25.9 Å². The van der Waals surface area contributed by atoms with Gasteiger partial charge < -0.3 is 15.2 Å². The van der Waals surface area contributed by atoms with Gasteiger partial charge in [0.25, 0.3) is 11.5 Å². The van der Waals surface area contributed by atoms with Crippen LogP contribution < -0.4 is 10.9 Å². The van der Waals surface area contributed by atoms with Crippen molar-refractivity contribution < 1.29 is 4.79 Å². The van der Waals surface area contributed by atoms with Gasteiger partial charge >= 0.3 is 0 Å². The van der Waals surface area contributed by atoms with Crippen LogP contribution in [0.3, 0.4) is 0 Å². The molecule has 1 amide bonds. The topological polar surface area (TPSA) is 78.1 Å². The highest BCUT2D eigenvalue weighted by atomic mass is 32.1. The van der Waals surface area contributed by atoms with Gasteiger partial charge in [0, 0.05) is 6.04 Å². The minimum atomic E-state index is -0.166. The van der Waals surface area contributed by atoms with Gasteiger partial charge in [-0.25, -0.2) is 4.98 Å². The summed E-state index contributed by atoms with van der Waals surface area (Å²) in [6, 6.07) is 0.266. The number of aromatic nitrogens is 2. The first-order valence-corrected chi connectivity index (χ1v) is 8.75. The van der Waals surface area contributed by atoms with Gasteiger partial charge in [0.15, 0.2) is 0 Å². The second-order valence-corrected chi connectivity index (χ2v) is 7.44. The first-order chi connectivity index (χ1) is 11.0. The molecule has 124 valence electrons. The molecule has 7 heteroatoms. The number of thiophene rings is 1. The quantitative estimate of drug-likeness (QED) is 0.897. The monoisotopic (exact) mass is 334 g/mol. The van der Waals surface area contributed by atoms with Gasteiger partial charge in [0.1, 0.15) is 10.7 Å². The number of nitrogens with zero attached hydrogens (tertiary/aromatic N) is 2. The number of rotatable bonds is 4. The van der Waals surface area contributed by atoms with Gasteiger partial charge in [0.05, 0.1) is 16.8 Å². The number of nitrogens with one attached hydrogen (secondary N) is 2. The number of carbonyl (C=O) groups is 1. The second-order valence-electron chi connectivity index (χ2n) is 6.44. The number of aromatic amines is 1. The molecule has 6 nitrogen and oxygen atoms in total. The molecule has 1 fully saturated rings. The van der Waals surface area contributed by atoms with Crippen molar-refractivity contribution in [3.8, 4) is 0 Å². The Morgan fingerprint density at radius 3 is 2.74 bits per heavy atom. The van der Waals surface area contributed by atoms with Crippen molar-refractivity contribution in [2.75, 3.05) is 14.1 Å². The Bertz CT molecular complexity index is 787. The summed E-state index contributed by atoms with van der Waals surface area (Å²) in [5, 5.41) is 3.62. The fraction of sp³-hybridized carbons (Fsp3) is 0.562. The number of hydrogen-bond donors (Lipinski definition) is 2. The highest BCUT2D eigenvalue weighted by Crippen LogP contribution is 2.28. The van der Waals surface area contributed by atoms with Crippen LogP contribution in [0.25, 0.3) is 10.2 Å². The molecule has 0 saturated heterocycles. The van der Waals surface area contributed by atoms with Gasteiger partial charge in [-0.05, 0) is 39.4 Å². The molecule has 2 N–H and O–H groups in total. The average Bonchev–Trinajstić information content (AvgIpc) is 3.06. The van der Waals surface area contributed by atoms with Crippen LogP contribution in [0.4, 0.5) is 0 Å². The van der Waals surface area contributed by atoms with E-state index < -0.39 is 0 Å². The van der Waals surface area contributed by atoms with E-state index in [0.717, 1.165) is 18.4 Å². The number of H-pyrrole nitrogens is 1. The zero-order chi connectivity index (χ0) is 16.6. The molecule has 2 aromatic rings. The predicted octanol–water partition coefficient (Wildman–Crippen LogP) is 2.03. The van der Waals surface area contributed by atoms with Gasteiger partial charge in [-0.1, -0.05) is 12.8 Å². The maximum absolute atomic E-state index is 12.5. The van der Waals surface area contributed by atoms with Crippen LogP contribution in [-0.4, -0.2) is 40.9 Å². The molecule has 3 rings (SSSR count). The van der Waals surface area contributed by atoms with E-state index in [4.69, 9.17) is 0 Å². The summed E-state index contributed by atoms with van der Waals surface area (Å²) in [4.78, 5) is 35.4. The lowest BCUT2D eigenvalue weighted by molar-refractivity contribution is 0.0941. The third kappa shape index (κ3) is 3.30. The Morgan fingerprint density at radius 2 is 2.09 bits per heavy atom. The molecule has 0 bridgehead atoms. The molecule has 0 atom stereocenters. The lowest BCUT2D eigenvalue weighted by Crippen LogP contribution is -2.32. The first kappa shape index (κ1) is 16.1. The van der Waals surface area contributed by atoms with Gasteiger partial charge in [-0.15, -0.1) is 11.3 Å². The third-order valence-corrected chi connectivity index (χ3v) is 5.40. The molecule has 1 aliphatic rings. The predicted molar refractivity (Wildman–Crippen MR) is 92.1 cm³/mol. The van der Waals surface area contributed by atoms with E-state index in [1.54, 1.807) is 0 Å². The zero-order valence-corrected chi connectivity index (χ0v) is 14.5. The SMILES string of the molecule is Cc1c(C(=O)NC2CCCC2)sc2nc(CN(C)C)[nH]c(=O)c12. The summed E-state index contributed by atoms with van der Waals surface area (Å²) >= 11 is 1.31. The molecule has 0 spiro atoms. The van der Waals surface area contributed by atoms with E-state index in [-0.39, 0.29) is 17.5 Å². The maximum Gasteiger partial charge on any atom is 0.261 e. The molecule has 0 radical (unpaired) electrons. The number of fused-ring (bicyclic) bond motifs is 1. The van der Waals surface area contributed by atoms with E-state index >= 15 is 0 Å². The largest absolute Gasteiger partial charge is 0.349 e. The molecule has 0 aromatic carbocycles. The molecule has 1 saturated carbocycles. The van der Waals surface area contributed by atoms with E-state index in [9.17, 15) is 9.59 Å². The van der Waals surface area contributed by atoms with Crippen LogP contribution in [-0.2, 0) is 6.54 Å². The molecule has 2 aromatic heterocycles. The lowest BCUT2D eigenvalue weighted by Gasteiger charge is -2.10. The fourth-order valence-corrected chi connectivity index (χ4v) is 4.20. The molecular formula is C16H22N4O2S. The highest BCUT2D eigenvalue weighted by molar-refractivity contribution is 7.20. The second kappa shape index (κ2) is 6.41. The van der Waals surface area contributed by atoms with Crippen LogP contribution in [0.15, 0.2) is 4.79 Å². The molecule has 0 unspecified atom stereocenters. The summed E-state index contributed by atoms with van der Waals surface area (Å²) in [7, 11) is 3.84. The fourth-order valence-electron chi connectivity index (χ4n) is 3.10. The van der Waals surface area contributed by atoms with Crippen LogP contribution >= 0.6 is 11.3 Å². The van der Waals surface area contributed by atoms with Gasteiger partial charge in [0.2, 0.25) is 0 Å². The van der Waals surface area contributed by atoms with Crippen LogP contribution in [0.5, 0.6) is 0 Å². The summed E-state index contributed by atoms with van der Waals surface area (Å²) in [6.45, 7) is 2.39. The van der Waals surface area contributed by atoms with Crippen LogP contribution in [0, 0.1) is 6.92 Å². The summed E-state index contributed by atoms with van der Waals surface area (Å²) < 4.78 is 0. The Labute approximate surface area is 138 Å². The standard InChI is InChI=1S/C16H22N4O2S/c1-9-12-14(21)18-11(8-20(2)3)19-16(12)23-13(9)15(22)17-10-6-4-5-7-10/h10H,4-8H2,1-3H3,(H,17,22)(H,18,19,21). The number of hydrogen-bond acceptors (Lipinski definition) is 5. The van der Waals surface area contributed by atoms with Crippen molar-refractivity contribution in [2.45, 2.75) is 45.2 Å². The third-order valence-electron chi connectivity index (χ3n) is 4.21. The Morgan fingerprint density at radius 1 is 1.39 bits per heavy atom. The van der Waals surface area contributed by atoms with Crippen LogP contribution in [0.1, 0.15) is 46.7 Å². The molecule has 0 aliphatic heterocycles. The van der Waals surface area contributed by atoms with Gasteiger partial charge in [-0.2, -0.15) is 0 Å². The van der Waals surface area contributed by atoms with Crippen molar-refractivity contribution >= 4 is 27.5 Å². The Kier molecular flexibility index (Phi) is 4.50. The van der Waals surface area contributed by atoms with Crippen LogP contribution in [0.2, 0.25) is 0 Å². The zero-order valence-electron chi connectivity index (χ0n) is 13.7. The molecule has 2 heterocycles. The summed E-state index contributed by atoms with van der Waals surface area (Å²) in [6.07, 6.45) is 4.43. The van der Waals surface area contributed by atoms with Crippen molar-refractivity contribution in [1.29, 1.82) is 0 Å². The first-order valence-electron chi connectivity index (χ1n) is 7.93. The number of amides is 1. The summed E-state index contributed by atoms with van der Waals surface area (Å²) in [5.41, 5.74) is 0.561. The van der Waals surface area contributed by atoms with Crippen molar-refractivity contribution in [3.05, 3.63) is 26.6 Å². The minimum Gasteiger partial charge on any atom is -0.349 e. The number of aryl methyl sites for hydroxylation is 1. The van der Waals surface area contributed by atoms with Crippen molar-refractivity contribution in [3.63, 3.8) is 0 Å². The van der Waals surface area contributed by atoms with Crippen molar-refractivity contribution in [2.24, 2.45) is 0 Å². The number of carbonyl (C=O) groups excluding carboxylic acids is 1. The van der Waals surface area contributed by atoms with Crippen molar-refractivity contribution in [1.82, 2.24) is 20.2 Å². The normalized spacial score (nSPS) is 15.7. The van der Waals surface area contributed by atoms with Gasteiger partial charge in [-0.3, -0.25) is 9.59 Å². The molecular weight excluding hydrogens is 312 g/mol. The van der Waals surface area contributed by atoms with E-state index in [1.165, 1.54) is 24.2 Å². The maximum atomic E-state index is 12.5. The average molecular weight is 334 g/mol. The molecule has 23 heavy (non-hydrogen) atoms. The summed E-state index contributed by atoms with van der Waals surface area (Å²) in [5.74, 6) is 0.544. The van der Waals surface area contributed by atoms with E-state index in [0.29, 0.717) is 27.5 Å². The van der Waals surface area contributed by atoms with E-state index in [2.05, 4.69) is 15.3 Å². The molecule has 1 aliphatic carbocycles.